The second-order valence-corrected chi connectivity index (χ2v) is 8.62. The standard InChI is InChI=1S/C24H26N2OS/c1-17(2)19-10-6-7-11-21(19)25-23(27)16-26-14-12-22-20(13-15-28-22)24(26)18-8-4-3-5-9-18/h3-11,13,15,17,24H,12,14,16H2,1-2H3,(H,25,27). The molecular weight excluding hydrogens is 364 g/mol. The number of nitrogens with zero attached hydrogens (tertiary/aromatic N) is 1. The van der Waals surface area contributed by atoms with Crippen LogP contribution in [0.15, 0.2) is 66.0 Å². The summed E-state index contributed by atoms with van der Waals surface area (Å²) in [5.41, 5.74) is 4.69. The van der Waals surface area contributed by atoms with Gasteiger partial charge in [0.1, 0.15) is 0 Å². The maximum atomic E-state index is 12.9. The fraction of sp³-hybridized carbons (Fsp3) is 0.292. The van der Waals surface area contributed by atoms with E-state index in [9.17, 15) is 4.79 Å². The molecule has 0 saturated carbocycles. The van der Waals surface area contributed by atoms with Crippen molar-refractivity contribution in [3.05, 3.63) is 87.6 Å². The lowest BCUT2D eigenvalue weighted by molar-refractivity contribution is -0.117. The van der Waals surface area contributed by atoms with E-state index in [-0.39, 0.29) is 11.9 Å². The van der Waals surface area contributed by atoms with Crippen LogP contribution in [0.5, 0.6) is 0 Å². The van der Waals surface area contributed by atoms with Crippen LogP contribution in [0.3, 0.4) is 0 Å². The van der Waals surface area contributed by atoms with Crippen molar-refractivity contribution >= 4 is 22.9 Å². The van der Waals surface area contributed by atoms with E-state index in [0.29, 0.717) is 12.5 Å². The van der Waals surface area contributed by atoms with Crippen molar-refractivity contribution in [2.75, 3.05) is 18.4 Å². The molecule has 1 aliphatic rings. The van der Waals surface area contributed by atoms with E-state index < -0.39 is 0 Å². The number of rotatable bonds is 5. The number of thiophene rings is 1. The Labute approximate surface area is 171 Å². The second kappa shape index (κ2) is 8.29. The summed E-state index contributed by atoms with van der Waals surface area (Å²) < 4.78 is 0. The van der Waals surface area contributed by atoms with Gasteiger partial charge in [-0.3, -0.25) is 9.69 Å². The van der Waals surface area contributed by atoms with Gasteiger partial charge in [0.05, 0.1) is 12.6 Å². The molecule has 1 N–H and O–H groups in total. The first-order chi connectivity index (χ1) is 13.6. The summed E-state index contributed by atoms with van der Waals surface area (Å²) >= 11 is 1.83. The molecule has 1 aliphatic heterocycles. The molecule has 3 nitrogen and oxygen atoms in total. The molecule has 1 atom stereocenters. The molecule has 3 aromatic rings. The van der Waals surface area contributed by atoms with Crippen LogP contribution < -0.4 is 5.32 Å². The number of anilines is 1. The molecule has 4 rings (SSSR count). The van der Waals surface area contributed by atoms with E-state index in [1.807, 2.05) is 35.6 Å². The number of amides is 1. The Balaban J connectivity index is 1.56. The van der Waals surface area contributed by atoms with E-state index in [1.54, 1.807) is 0 Å². The van der Waals surface area contributed by atoms with Crippen LogP contribution >= 0.6 is 11.3 Å². The molecule has 1 amide bonds. The highest BCUT2D eigenvalue weighted by atomic mass is 32.1. The molecule has 144 valence electrons. The molecule has 0 radical (unpaired) electrons. The number of hydrogen-bond donors (Lipinski definition) is 1. The van der Waals surface area contributed by atoms with Gasteiger partial charge in [-0.25, -0.2) is 0 Å². The fourth-order valence-electron chi connectivity index (χ4n) is 4.05. The van der Waals surface area contributed by atoms with Gasteiger partial charge in [0.25, 0.3) is 0 Å². The monoisotopic (exact) mass is 390 g/mol. The van der Waals surface area contributed by atoms with Crippen molar-refractivity contribution in [3.8, 4) is 0 Å². The summed E-state index contributed by atoms with van der Waals surface area (Å²) in [7, 11) is 0. The Hall–Kier alpha value is -2.43. The molecular formula is C24H26N2OS. The first kappa shape index (κ1) is 18.9. The largest absolute Gasteiger partial charge is 0.325 e. The lowest BCUT2D eigenvalue weighted by Gasteiger charge is -2.35. The zero-order chi connectivity index (χ0) is 19.5. The lowest BCUT2D eigenvalue weighted by Crippen LogP contribution is -2.40. The smallest absolute Gasteiger partial charge is 0.238 e. The van der Waals surface area contributed by atoms with Gasteiger partial charge in [0, 0.05) is 17.1 Å². The minimum Gasteiger partial charge on any atom is -0.325 e. The van der Waals surface area contributed by atoms with E-state index >= 15 is 0 Å². The number of fused-ring (bicyclic) bond motifs is 1. The highest BCUT2D eigenvalue weighted by Gasteiger charge is 2.30. The van der Waals surface area contributed by atoms with Crippen molar-refractivity contribution in [2.45, 2.75) is 32.2 Å². The van der Waals surface area contributed by atoms with Gasteiger partial charge >= 0.3 is 0 Å². The summed E-state index contributed by atoms with van der Waals surface area (Å²) in [5, 5.41) is 5.32. The van der Waals surface area contributed by atoms with E-state index in [1.165, 1.54) is 21.6 Å². The molecule has 0 fully saturated rings. The number of carbonyl (C=O) groups excluding carboxylic acids is 1. The highest BCUT2D eigenvalue weighted by Crippen LogP contribution is 2.37. The van der Waals surface area contributed by atoms with E-state index in [0.717, 1.165) is 18.7 Å². The average Bonchev–Trinajstić information content (AvgIpc) is 3.17. The summed E-state index contributed by atoms with van der Waals surface area (Å²) in [6.07, 6.45) is 1.01. The van der Waals surface area contributed by atoms with Crippen LogP contribution in [-0.2, 0) is 11.2 Å². The number of nitrogens with one attached hydrogen (secondary N) is 1. The number of para-hydroxylation sites is 1. The summed E-state index contributed by atoms with van der Waals surface area (Å²) in [4.78, 5) is 16.7. The number of carbonyl (C=O) groups is 1. The molecule has 2 heterocycles. The van der Waals surface area contributed by atoms with Crippen LogP contribution in [0.25, 0.3) is 0 Å². The Bertz CT molecular complexity index is 948. The predicted molar refractivity (Wildman–Crippen MR) is 117 cm³/mol. The van der Waals surface area contributed by atoms with Gasteiger partial charge in [0.2, 0.25) is 5.91 Å². The van der Waals surface area contributed by atoms with Gasteiger partial charge < -0.3 is 5.32 Å². The van der Waals surface area contributed by atoms with Gasteiger partial charge in [0.15, 0.2) is 0 Å². The molecule has 28 heavy (non-hydrogen) atoms. The molecule has 0 aliphatic carbocycles. The first-order valence-electron chi connectivity index (χ1n) is 9.87. The van der Waals surface area contributed by atoms with Gasteiger partial charge in [-0.2, -0.15) is 0 Å². The SMILES string of the molecule is CC(C)c1ccccc1NC(=O)CN1CCc2sccc2C1c1ccccc1. The third-order valence-electron chi connectivity index (χ3n) is 5.38. The number of benzene rings is 2. The summed E-state index contributed by atoms with van der Waals surface area (Å²) in [6.45, 7) is 5.59. The molecule has 4 heteroatoms. The molecule has 1 aromatic heterocycles. The maximum Gasteiger partial charge on any atom is 0.238 e. The summed E-state index contributed by atoms with van der Waals surface area (Å²) in [5.74, 6) is 0.421. The highest BCUT2D eigenvalue weighted by molar-refractivity contribution is 7.10. The van der Waals surface area contributed by atoms with Crippen molar-refractivity contribution in [1.82, 2.24) is 4.90 Å². The van der Waals surface area contributed by atoms with E-state index in [2.05, 4.69) is 65.8 Å². The average molecular weight is 391 g/mol. The van der Waals surface area contributed by atoms with Crippen molar-refractivity contribution in [1.29, 1.82) is 0 Å². The molecule has 0 spiro atoms. The Morgan fingerprint density at radius 2 is 1.86 bits per heavy atom. The third kappa shape index (κ3) is 3.89. The van der Waals surface area contributed by atoms with Crippen molar-refractivity contribution in [2.24, 2.45) is 0 Å². The normalized spacial score (nSPS) is 16.8. The third-order valence-corrected chi connectivity index (χ3v) is 6.38. The molecule has 0 saturated heterocycles. The van der Waals surface area contributed by atoms with Gasteiger partial charge in [-0.05, 0) is 46.5 Å². The molecule has 0 bridgehead atoms. The molecule has 2 aromatic carbocycles. The first-order valence-corrected chi connectivity index (χ1v) is 10.8. The lowest BCUT2D eigenvalue weighted by atomic mass is 9.93. The minimum absolute atomic E-state index is 0.0488. The van der Waals surface area contributed by atoms with Crippen LogP contribution in [0.2, 0.25) is 0 Å². The second-order valence-electron chi connectivity index (χ2n) is 7.62. The Morgan fingerprint density at radius 1 is 1.11 bits per heavy atom. The van der Waals surface area contributed by atoms with Crippen LogP contribution in [0.4, 0.5) is 5.69 Å². The van der Waals surface area contributed by atoms with E-state index in [4.69, 9.17) is 0 Å². The van der Waals surface area contributed by atoms with Crippen LogP contribution in [0.1, 0.15) is 47.4 Å². The zero-order valence-electron chi connectivity index (χ0n) is 16.4. The molecule has 1 unspecified atom stereocenters. The Morgan fingerprint density at radius 3 is 2.64 bits per heavy atom. The minimum atomic E-state index is 0.0488. The fourth-order valence-corrected chi connectivity index (χ4v) is 4.96. The predicted octanol–water partition coefficient (Wildman–Crippen LogP) is 5.46. The van der Waals surface area contributed by atoms with Crippen molar-refractivity contribution in [3.63, 3.8) is 0 Å². The maximum absolute atomic E-state index is 12.9. The van der Waals surface area contributed by atoms with Crippen LogP contribution in [-0.4, -0.2) is 23.9 Å². The quantitative estimate of drug-likeness (QED) is 0.627. The zero-order valence-corrected chi connectivity index (χ0v) is 17.2. The van der Waals surface area contributed by atoms with Gasteiger partial charge in [-0.15, -0.1) is 11.3 Å². The van der Waals surface area contributed by atoms with Crippen LogP contribution in [0, 0.1) is 0 Å². The van der Waals surface area contributed by atoms with Crippen molar-refractivity contribution < 1.29 is 4.79 Å². The van der Waals surface area contributed by atoms with Gasteiger partial charge in [-0.1, -0.05) is 62.4 Å². The Kier molecular flexibility index (Phi) is 5.60. The number of hydrogen-bond acceptors (Lipinski definition) is 3. The summed E-state index contributed by atoms with van der Waals surface area (Å²) in [6, 6.07) is 21.0. The topological polar surface area (TPSA) is 32.3 Å².